The number of nitrogens with one attached hydrogen (secondary N) is 2. The predicted molar refractivity (Wildman–Crippen MR) is 102 cm³/mol. The van der Waals surface area contributed by atoms with Crippen LogP contribution in [0.4, 0.5) is 0 Å². The average Bonchev–Trinajstić information content (AvgIpc) is 3.31. The van der Waals surface area contributed by atoms with Crippen molar-refractivity contribution in [2.45, 2.75) is 25.8 Å². The van der Waals surface area contributed by atoms with Crippen molar-refractivity contribution >= 4 is 21.8 Å². The van der Waals surface area contributed by atoms with Crippen LogP contribution in [0.2, 0.25) is 0 Å². The van der Waals surface area contributed by atoms with Crippen LogP contribution in [-0.4, -0.2) is 21.5 Å². The SMILES string of the molecule is Cc1c[nH]c2ncc(-c3cc([C@@H]4CCCN4)c4ccncc4c3)cc12. The number of nitrogens with zero attached hydrogens (tertiary/aromatic N) is 2. The van der Waals surface area contributed by atoms with Gasteiger partial charge in [-0.2, -0.15) is 0 Å². The van der Waals surface area contributed by atoms with Crippen LogP contribution < -0.4 is 5.32 Å². The van der Waals surface area contributed by atoms with E-state index in [9.17, 15) is 0 Å². The predicted octanol–water partition coefficient (Wildman–Crippen LogP) is 4.51. The van der Waals surface area contributed by atoms with E-state index >= 15 is 0 Å². The zero-order valence-corrected chi connectivity index (χ0v) is 14.2. The molecule has 1 aliphatic heterocycles. The second-order valence-electron chi connectivity index (χ2n) is 6.90. The summed E-state index contributed by atoms with van der Waals surface area (Å²) in [6.07, 6.45) is 10.2. The van der Waals surface area contributed by atoms with Gasteiger partial charge >= 0.3 is 0 Å². The molecule has 0 bridgehead atoms. The zero-order chi connectivity index (χ0) is 16.8. The molecule has 1 atom stereocenters. The van der Waals surface area contributed by atoms with E-state index in [0.717, 1.165) is 17.8 Å². The summed E-state index contributed by atoms with van der Waals surface area (Å²) in [5.41, 5.74) is 5.91. The summed E-state index contributed by atoms with van der Waals surface area (Å²) in [6.45, 7) is 3.21. The average molecular weight is 328 g/mol. The molecule has 4 aromatic rings. The van der Waals surface area contributed by atoms with Gasteiger partial charge in [0.05, 0.1) is 0 Å². The van der Waals surface area contributed by atoms with Crippen LogP contribution in [0.1, 0.15) is 30.0 Å². The van der Waals surface area contributed by atoms with Crippen molar-refractivity contribution in [2.75, 3.05) is 6.54 Å². The van der Waals surface area contributed by atoms with Crippen LogP contribution in [0.3, 0.4) is 0 Å². The Kier molecular flexibility index (Phi) is 3.31. The Hall–Kier alpha value is -2.72. The van der Waals surface area contributed by atoms with Gasteiger partial charge in [0.15, 0.2) is 0 Å². The van der Waals surface area contributed by atoms with Gasteiger partial charge in [0, 0.05) is 47.2 Å². The normalized spacial score (nSPS) is 17.6. The maximum Gasteiger partial charge on any atom is 0.137 e. The van der Waals surface area contributed by atoms with Gasteiger partial charge in [-0.05, 0) is 72.7 Å². The van der Waals surface area contributed by atoms with Gasteiger partial charge in [0.2, 0.25) is 0 Å². The third-order valence-electron chi connectivity index (χ3n) is 5.29. The van der Waals surface area contributed by atoms with Crippen molar-refractivity contribution in [1.29, 1.82) is 0 Å². The summed E-state index contributed by atoms with van der Waals surface area (Å²) in [6, 6.07) is 9.35. The van der Waals surface area contributed by atoms with E-state index in [1.807, 2.05) is 24.8 Å². The minimum Gasteiger partial charge on any atom is -0.346 e. The van der Waals surface area contributed by atoms with E-state index in [-0.39, 0.29) is 0 Å². The van der Waals surface area contributed by atoms with Gasteiger partial charge in [0.25, 0.3) is 0 Å². The molecule has 1 aromatic carbocycles. The fourth-order valence-corrected chi connectivity index (χ4v) is 3.94. The number of aromatic nitrogens is 3. The Balaban J connectivity index is 1.73. The molecule has 2 N–H and O–H groups in total. The monoisotopic (exact) mass is 328 g/mol. The number of aromatic amines is 1. The van der Waals surface area contributed by atoms with E-state index in [2.05, 4.69) is 51.5 Å². The molecular weight excluding hydrogens is 308 g/mol. The highest BCUT2D eigenvalue weighted by Gasteiger charge is 2.19. The molecule has 3 aromatic heterocycles. The number of fused-ring (bicyclic) bond motifs is 2. The summed E-state index contributed by atoms with van der Waals surface area (Å²) >= 11 is 0. The number of H-pyrrole nitrogens is 1. The molecule has 4 heterocycles. The second-order valence-corrected chi connectivity index (χ2v) is 6.90. The number of rotatable bonds is 2. The van der Waals surface area contributed by atoms with Crippen molar-refractivity contribution < 1.29 is 0 Å². The molecule has 124 valence electrons. The standard InChI is InChI=1S/C21H20N4/c1-13-10-24-21-18(13)9-15(12-25-21)14-7-16-11-22-6-4-17(16)19(8-14)20-3-2-5-23-20/h4,6-12,20,23H,2-3,5H2,1H3,(H,24,25)/t20-/m0/s1. The maximum atomic E-state index is 4.60. The molecule has 5 rings (SSSR count). The molecule has 4 heteroatoms. The van der Waals surface area contributed by atoms with Crippen LogP contribution in [0.25, 0.3) is 32.9 Å². The summed E-state index contributed by atoms with van der Waals surface area (Å²) in [4.78, 5) is 12.2. The molecular formula is C21H20N4. The lowest BCUT2D eigenvalue weighted by molar-refractivity contribution is 0.653. The Morgan fingerprint density at radius 1 is 1.08 bits per heavy atom. The molecule has 1 aliphatic rings. The third-order valence-corrected chi connectivity index (χ3v) is 5.29. The lowest BCUT2D eigenvalue weighted by atomic mass is 9.93. The Labute approximate surface area is 146 Å². The van der Waals surface area contributed by atoms with Crippen molar-refractivity contribution in [3.63, 3.8) is 0 Å². The molecule has 0 spiro atoms. The summed E-state index contributed by atoms with van der Waals surface area (Å²) < 4.78 is 0. The van der Waals surface area contributed by atoms with Gasteiger partial charge in [-0.25, -0.2) is 4.98 Å². The van der Waals surface area contributed by atoms with Crippen molar-refractivity contribution in [1.82, 2.24) is 20.3 Å². The lowest BCUT2D eigenvalue weighted by Gasteiger charge is -2.16. The first-order valence-electron chi connectivity index (χ1n) is 8.85. The highest BCUT2D eigenvalue weighted by molar-refractivity contribution is 5.92. The number of hydrogen-bond donors (Lipinski definition) is 2. The summed E-state index contributed by atoms with van der Waals surface area (Å²) in [7, 11) is 0. The first kappa shape index (κ1) is 14.6. The van der Waals surface area contributed by atoms with Crippen LogP contribution in [-0.2, 0) is 0 Å². The van der Waals surface area contributed by atoms with E-state index in [1.54, 1.807) is 0 Å². The molecule has 0 amide bonds. The van der Waals surface area contributed by atoms with Crippen LogP contribution in [0.15, 0.2) is 49.1 Å². The van der Waals surface area contributed by atoms with Gasteiger partial charge in [-0.1, -0.05) is 0 Å². The minimum absolute atomic E-state index is 0.426. The van der Waals surface area contributed by atoms with Crippen molar-refractivity contribution in [2.24, 2.45) is 0 Å². The van der Waals surface area contributed by atoms with E-state index in [1.165, 1.54) is 45.7 Å². The highest BCUT2D eigenvalue weighted by Crippen LogP contribution is 2.34. The number of hydrogen-bond acceptors (Lipinski definition) is 3. The fourth-order valence-electron chi connectivity index (χ4n) is 3.94. The van der Waals surface area contributed by atoms with E-state index in [4.69, 9.17) is 0 Å². The van der Waals surface area contributed by atoms with Gasteiger partial charge in [0.1, 0.15) is 5.65 Å². The van der Waals surface area contributed by atoms with Gasteiger partial charge < -0.3 is 10.3 Å². The molecule has 1 saturated heterocycles. The van der Waals surface area contributed by atoms with Crippen LogP contribution in [0.5, 0.6) is 0 Å². The van der Waals surface area contributed by atoms with Gasteiger partial charge in [-0.3, -0.25) is 4.98 Å². The molecule has 1 fully saturated rings. The highest BCUT2D eigenvalue weighted by atomic mass is 14.9. The third kappa shape index (κ3) is 2.41. The topological polar surface area (TPSA) is 53.6 Å². The molecule has 4 nitrogen and oxygen atoms in total. The Morgan fingerprint density at radius 2 is 2.04 bits per heavy atom. The Morgan fingerprint density at radius 3 is 2.92 bits per heavy atom. The quantitative estimate of drug-likeness (QED) is 0.569. The summed E-state index contributed by atoms with van der Waals surface area (Å²) in [5.74, 6) is 0. The van der Waals surface area contributed by atoms with E-state index < -0.39 is 0 Å². The molecule has 0 radical (unpaired) electrons. The molecule has 0 aliphatic carbocycles. The lowest BCUT2D eigenvalue weighted by Crippen LogP contribution is -2.13. The van der Waals surface area contributed by atoms with E-state index in [0.29, 0.717) is 6.04 Å². The zero-order valence-electron chi connectivity index (χ0n) is 14.2. The molecule has 0 saturated carbocycles. The molecule has 0 unspecified atom stereocenters. The first-order chi connectivity index (χ1) is 12.3. The Bertz CT molecular complexity index is 1070. The van der Waals surface area contributed by atoms with Crippen molar-refractivity contribution in [3.05, 3.63) is 60.2 Å². The fraction of sp³-hybridized carbons (Fsp3) is 0.238. The second kappa shape index (κ2) is 5.67. The van der Waals surface area contributed by atoms with Crippen LogP contribution >= 0.6 is 0 Å². The largest absolute Gasteiger partial charge is 0.346 e. The van der Waals surface area contributed by atoms with Gasteiger partial charge in [-0.15, -0.1) is 0 Å². The smallest absolute Gasteiger partial charge is 0.137 e. The maximum absolute atomic E-state index is 4.60. The number of benzene rings is 1. The van der Waals surface area contributed by atoms with Crippen LogP contribution in [0, 0.1) is 6.92 Å². The van der Waals surface area contributed by atoms with Crippen molar-refractivity contribution in [3.8, 4) is 11.1 Å². The summed E-state index contributed by atoms with van der Waals surface area (Å²) in [5, 5.41) is 7.31. The molecule has 25 heavy (non-hydrogen) atoms. The number of aryl methyl sites for hydroxylation is 1. The number of pyridine rings is 2. The first-order valence-corrected chi connectivity index (χ1v) is 8.85. The minimum atomic E-state index is 0.426.